The second-order valence-corrected chi connectivity index (χ2v) is 6.54. The lowest BCUT2D eigenvalue weighted by Crippen LogP contribution is -2.46. The van der Waals surface area contributed by atoms with Crippen molar-refractivity contribution in [2.45, 2.75) is 6.54 Å². The highest BCUT2D eigenvalue weighted by atomic mass is 35.5. The molecule has 1 aromatic carbocycles. The molecule has 1 aliphatic rings. The lowest BCUT2D eigenvalue weighted by molar-refractivity contribution is 0.247. The van der Waals surface area contributed by atoms with Crippen LogP contribution >= 0.6 is 23.7 Å². The van der Waals surface area contributed by atoms with Gasteiger partial charge in [0.05, 0.1) is 0 Å². The molecule has 4 rings (SSSR count). The minimum Gasteiger partial charge on any atom is -0.423 e. The monoisotopic (exact) mass is 351 g/mol. The van der Waals surface area contributed by atoms with Crippen LogP contribution in [-0.4, -0.2) is 41.0 Å². The van der Waals surface area contributed by atoms with Crippen molar-refractivity contribution in [3.8, 4) is 0 Å². The van der Waals surface area contributed by atoms with Crippen molar-refractivity contribution < 1.29 is 4.42 Å². The molecule has 1 saturated heterocycles. The average molecular weight is 352 g/mol. The zero-order chi connectivity index (χ0) is 14.9. The molecule has 122 valence electrons. The van der Waals surface area contributed by atoms with E-state index in [-0.39, 0.29) is 12.4 Å². The first-order valence-corrected chi connectivity index (χ1v) is 8.13. The predicted molar refractivity (Wildman–Crippen MR) is 95.3 cm³/mol. The maximum atomic E-state index is 5.84. The number of halogens is 1. The van der Waals surface area contributed by atoms with Gasteiger partial charge in [-0.2, -0.15) is 4.98 Å². The van der Waals surface area contributed by atoms with Crippen LogP contribution < -0.4 is 10.6 Å². The van der Waals surface area contributed by atoms with E-state index in [1.54, 1.807) is 11.3 Å². The lowest BCUT2D eigenvalue weighted by atomic mass is 10.3. The van der Waals surface area contributed by atoms with Gasteiger partial charge in [-0.1, -0.05) is 12.1 Å². The van der Waals surface area contributed by atoms with Gasteiger partial charge in [0.15, 0.2) is 10.7 Å². The van der Waals surface area contributed by atoms with Gasteiger partial charge in [0.1, 0.15) is 5.52 Å². The molecule has 2 aromatic heterocycles. The Hall–Kier alpha value is -1.83. The van der Waals surface area contributed by atoms with Crippen molar-refractivity contribution in [1.29, 1.82) is 0 Å². The molecule has 0 atom stereocenters. The summed E-state index contributed by atoms with van der Waals surface area (Å²) < 4.78 is 5.84. The molecular weight excluding hydrogens is 334 g/mol. The number of thiazole rings is 1. The van der Waals surface area contributed by atoms with Gasteiger partial charge >= 0.3 is 0 Å². The second-order valence-electron chi connectivity index (χ2n) is 5.39. The highest BCUT2D eigenvalue weighted by molar-refractivity contribution is 7.15. The van der Waals surface area contributed by atoms with Crippen LogP contribution in [0.15, 0.2) is 34.9 Å². The van der Waals surface area contributed by atoms with Crippen molar-refractivity contribution >= 4 is 46.0 Å². The van der Waals surface area contributed by atoms with Crippen LogP contribution in [0.2, 0.25) is 0 Å². The normalized spacial score (nSPS) is 15.7. The Morgan fingerprint density at radius 3 is 2.65 bits per heavy atom. The van der Waals surface area contributed by atoms with E-state index < -0.39 is 0 Å². The van der Waals surface area contributed by atoms with Gasteiger partial charge in [-0.15, -0.1) is 23.7 Å². The number of nitrogens with two attached hydrogens (primary N) is 1. The lowest BCUT2D eigenvalue weighted by Gasteiger charge is -2.33. The minimum atomic E-state index is 0. The second kappa shape index (κ2) is 6.74. The van der Waals surface area contributed by atoms with E-state index in [9.17, 15) is 0 Å². The Morgan fingerprint density at radius 2 is 1.96 bits per heavy atom. The van der Waals surface area contributed by atoms with Crippen LogP contribution in [0.5, 0.6) is 0 Å². The van der Waals surface area contributed by atoms with Gasteiger partial charge in [0, 0.05) is 43.8 Å². The van der Waals surface area contributed by atoms with Crippen LogP contribution in [0.3, 0.4) is 0 Å². The summed E-state index contributed by atoms with van der Waals surface area (Å²) in [7, 11) is 0. The van der Waals surface area contributed by atoms with Crippen LogP contribution in [0.4, 0.5) is 11.1 Å². The van der Waals surface area contributed by atoms with Crippen LogP contribution in [0.25, 0.3) is 11.1 Å². The smallest absolute Gasteiger partial charge is 0.298 e. The quantitative estimate of drug-likeness (QED) is 0.782. The van der Waals surface area contributed by atoms with E-state index in [4.69, 9.17) is 10.2 Å². The van der Waals surface area contributed by atoms with Crippen LogP contribution in [-0.2, 0) is 6.54 Å². The molecule has 23 heavy (non-hydrogen) atoms. The highest BCUT2D eigenvalue weighted by Crippen LogP contribution is 2.23. The van der Waals surface area contributed by atoms with E-state index in [1.807, 2.05) is 30.5 Å². The van der Waals surface area contributed by atoms with Crippen molar-refractivity contribution in [1.82, 2.24) is 14.9 Å². The van der Waals surface area contributed by atoms with E-state index in [0.717, 1.165) is 49.8 Å². The molecule has 2 N–H and O–H groups in total. The van der Waals surface area contributed by atoms with Gasteiger partial charge < -0.3 is 15.1 Å². The molecule has 1 aliphatic heterocycles. The Labute approximate surface area is 144 Å². The molecule has 3 heterocycles. The van der Waals surface area contributed by atoms with Gasteiger partial charge in [-0.25, -0.2) is 4.98 Å². The van der Waals surface area contributed by atoms with E-state index >= 15 is 0 Å². The summed E-state index contributed by atoms with van der Waals surface area (Å²) in [6.45, 7) is 4.71. The Balaban J connectivity index is 0.00000156. The third-order valence-corrected chi connectivity index (χ3v) is 4.69. The molecule has 0 saturated carbocycles. The molecule has 0 spiro atoms. The number of nitrogens with zero attached hydrogens (tertiary/aromatic N) is 4. The molecule has 0 radical (unpaired) electrons. The fourth-order valence-corrected chi connectivity index (χ4v) is 3.44. The number of piperazine rings is 1. The number of fused-ring (bicyclic) bond motifs is 1. The summed E-state index contributed by atoms with van der Waals surface area (Å²) in [5.74, 6) is 0. The summed E-state index contributed by atoms with van der Waals surface area (Å²) >= 11 is 1.56. The van der Waals surface area contributed by atoms with Gasteiger partial charge in [0.2, 0.25) is 0 Å². The molecule has 8 heteroatoms. The zero-order valence-electron chi connectivity index (χ0n) is 12.5. The third kappa shape index (κ3) is 3.41. The topological polar surface area (TPSA) is 71.4 Å². The van der Waals surface area contributed by atoms with Crippen molar-refractivity contribution in [3.05, 3.63) is 35.3 Å². The number of hydrogen-bond donors (Lipinski definition) is 1. The first-order valence-electron chi connectivity index (χ1n) is 7.31. The number of hydrogen-bond acceptors (Lipinski definition) is 7. The van der Waals surface area contributed by atoms with Crippen molar-refractivity contribution in [3.63, 3.8) is 0 Å². The minimum absolute atomic E-state index is 0. The number of para-hydroxylation sites is 2. The van der Waals surface area contributed by atoms with Crippen LogP contribution in [0, 0.1) is 0 Å². The summed E-state index contributed by atoms with van der Waals surface area (Å²) in [6, 6.07) is 8.61. The van der Waals surface area contributed by atoms with Gasteiger partial charge in [-0.05, 0) is 12.1 Å². The molecule has 1 fully saturated rings. The molecular formula is C15H18ClN5OS. The fourth-order valence-electron chi connectivity index (χ4n) is 2.71. The van der Waals surface area contributed by atoms with Crippen LogP contribution in [0.1, 0.15) is 4.88 Å². The van der Waals surface area contributed by atoms with Crippen molar-refractivity contribution in [2.75, 3.05) is 36.8 Å². The Morgan fingerprint density at radius 1 is 1.17 bits per heavy atom. The van der Waals surface area contributed by atoms with Crippen molar-refractivity contribution in [2.24, 2.45) is 0 Å². The fraction of sp³-hybridized carbons (Fsp3) is 0.333. The maximum Gasteiger partial charge on any atom is 0.298 e. The van der Waals surface area contributed by atoms with E-state index in [0.29, 0.717) is 5.13 Å². The molecule has 0 amide bonds. The number of anilines is 2. The standard InChI is InChI=1S/C15H17N5OS.ClH/c16-14-17-9-11(22-14)10-19-5-7-20(8-6-19)15-18-12-3-1-2-4-13(12)21-15;/h1-4,9H,5-8,10H2,(H2,16,17);1H. The number of benzene rings is 1. The Bertz CT molecular complexity index is 748. The molecule has 6 nitrogen and oxygen atoms in total. The Kier molecular flexibility index (Phi) is 4.70. The van der Waals surface area contributed by atoms with E-state index in [2.05, 4.69) is 19.8 Å². The predicted octanol–water partition coefficient (Wildman–Crippen LogP) is 2.61. The third-order valence-electron chi connectivity index (χ3n) is 3.88. The summed E-state index contributed by atoms with van der Waals surface area (Å²) in [5, 5.41) is 0.639. The maximum absolute atomic E-state index is 5.84. The SMILES string of the molecule is Cl.Nc1ncc(CN2CCN(c3nc4ccccc4o3)CC2)s1. The first kappa shape index (κ1) is 16.0. The highest BCUT2D eigenvalue weighted by Gasteiger charge is 2.21. The summed E-state index contributed by atoms with van der Waals surface area (Å²) in [5.41, 5.74) is 7.44. The molecule has 0 unspecified atom stereocenters. The number of nitrogen functional groups attached to an aromatic ring is 1. The summed E-state index contributed by atoms with van der Waals surface area (Å²) in [4.78, 5) is 14.5. The zero-order valence-corrected chi connectivity index (χ0v) is 14.1. The average Bonchev–Trinajstić information content (AvgIpc) is 3.14. The van der Waals surface area contributed by atoms with Gasteiger partial charge in [-0.3, -0.25) is 4.90 Å². The largest absolute Gasteiger partial charge is 0.423 e. The molecule has 3 aromatic rings. The van der Waals surface area contributed by atoms with E-state index in [1.165, 1.54) is 4.88 Å². The number of rotatable bonds is 3. The van der Waals surface area contributed by atoms with Gasteiger partial charge in [0.25, 0.3) is 6.01 Å². The first-order chi connectivity index (χ1) is 10.8. The number of oxazole rings is 1. The molecule has 0 bridgehead atoms. The summed E-state index contributed by atoms with van der Waals surface area (Å²) in [6.07, 6.45) is 1.87. The molecule has 0 aliphatic carbocycles. The number of aromatic nitrogens is 2.